The molecule has 1 aliphatic heterocycles. The first kappa shape index (κ1) is 24.6. The first-order chi connectivity index (χ1) is 15.4. The normalized spacial score (nSPS) is 15.5. The van der Waals surface area contributed by atoms with E-state index in [1.54, 1.807) is 11.0 Å². The van der Waals surface area contributed by atoms with Crippen molar-refractivity contribution < 1.29 is 14.3 Å². The highest BCUT2D eigenvalue weighted by Crippen LogP contribution is 2.38. The van der Waals surface area contributed by atoms with Crippen LogP contribution < -0.4 is 20.3 Å². The summed E-state index contributed by atoms with van der Waals surface area (Å²) in [5.41, 5.74) is 2.64. The fourth-order valence-corrected chi connectivity index (χ4v) is 3.68. The van der Waals surface area contributed by atoms with Crippen molar-refractivity contribution in [3.05, 3.63) is 48.0 Å². The molecule has 0 unspecified atom stereocenters. The number of nitrogens with one attached hydrogen (secondary N) is 2. The van der Waals surface area contributed by atoms with E-state index in [1.165, 1.54) is 5.56 Å². The Bertz CT molecular complexity index is 1000. The molecule has 0 aliphatic carbocycles. The van der Waals surface area contributed by atoms with Gasteiger partial charge in [0.05, 0.1) is 11.1 Å². The number of carbonyl (C=O) groups is 2. The number of amides is 3. The zero-order valence-electron chi connectivity index (χ0n) is 20.9. The van der Waals surface area contributed by atoms with Gasteiger partial charge in [-0.15, -0.1) is 0 Å². The SMILES string of the molecule is CC(C)CCN1C(=O)C(C)(C)COc2ccc(NC(=O)Nc3ccc(C(C)(C)C)cc3)cc21. The Morgan fingerprint density at radius 1 is 1.06 bits per heavy atom. The Labute approximate surface area is 197 Å². The van der Waals surface area contributed by atoms with Gasteiger partial charge < -0.3 is 20.3 Å². The van der Waals surface area contributed by atoms with Crippen LogP contribution in [0.25, 0.3) is 0 Å². The molecule has 0 atom stereocenters. The largest absolute Gasteiger partial charge is 0.490 e. The maximum absolute atomic E-state index is 13.3. The molecule has 0 aromatic heterocycles. The minimum atomic E-state index is -0.625. The van der Waals surface area contributed by atoms with Crippen molar-refractivity contribution in [2.24, 2.45) is 11.3 Å². The number of benzene rings is 2. The highest BCUT2D eigenvalue weighted by molar-refractivity contribution is 6.02. The van der Waals surface area contributed by atoms with E-state index in [-0.39, 0.29) is 17.4 Å². The maximum Gasteiger partial charge on any atom is 0.323 e. The number of urea groups is 1. The summed E-state index contributed by atoms with van der Waals surface area (Å²) in [6.45, 7) is 15.5. The number of rotatable bonds is 5. The molecule has 2 aromatic rings. The van der Waals surface area contributed by atoms with E-state index in [0.717, 1.165) is 6.42 Å². The smallest absolute Gasteiger partial charge is 0.323 e. The third-order valence-corrected chi connectivity index (χ3v) is 5.86. The molecule has 33 heavy (non-hydrogen) atoms. The molecule has 2 N–H and O–H groups in total. The predicted molar refractivity (Wildman–Crippen MR) is 135 cm³/mol. The second kappa shape index (κ2) is 9.46. The van der Waals surface area contributed by atoms with Gasteiger partial charge in [0.25, 0.3) is 0 Å². The Hall–Kier alpha value is -3.02. The van der Waals surface area contributed by atoms with Crippen molar-refractivity contribution in [2.45, 2.75) is 60.3 Å². The van der Waals surface area contributed by atoms with E-state index in [9.17, 15) is 9.59 Å². The zero-order valence-corrected chi connectivity index (χ0v) is 20.9. The molecular weight excluding hydrogens is 414 g/mol. The minimum absolute atomic E-state index is 0.0300. The summed E-state index contributed by atoms with van der Waals surface area (Å²) >= 11 is 0. The van der Waals surface area contributed by atoms with Crippen LogP contribution >= 0.6 is 0 Å². The van der Waals surface area contributed by atoms with Crippen LogP contribution in [0.4, 0.5) is 21.9 Å². The first-order valence-electron chi connectivity index (χ1n) is 11.6. The summed E-state index contributed by atoms with van der Waals surface area (Å²) in [5, 5.41) is 5.76. The highest BCUT2D eigenvalue weighted by Gasteiger charge is 2.37. The van der Waals surface area contributed by atoms with Crippen molar-refractivity contribution in [3.63, 3.8) is 0 Å². The van der Waals surface area contributed by atoms with E-state index in [2.05, 4.69) is 45.3 Å². The molecule has 0 fully saturated rings. The third-order valence-electron chi connectivity index (χ3n) is 5.86. The molecule has 3 amide bonds. The van der Waals surface area contributed by atoms with Crippen molar-refractivity contribution in [1.82, 2.24) is 0 Å². The van der Waals surface area contributed by atoms with E-state index in [0.29, 0.717) is 41.9 Å². The van der Waals surface area contributed by atoms with Crippen LogP contribution in [-0.2, 0) is 10.2 Å². The van der Waals surface area contributed by atoms with Gasteiger partial charge in [-0.25, -0.2) is 4.79 Å². The van der Waals surface area contributed by atoms with Crippen LogP contribution in [0.15, 0.2) is 42.5 Å². The van der Waals surface area contributed by atoms with E-state index in [4.69, 9.17) is 4.74 Å². The van der Waals surface area contributed by atoms with Gasteiger partial charge in [-0.1, -0.05) is 46.8 Å². The number of carbonyl (C=O) groups excluding carboxylic acids is 2. The summed E-state index contributed by atoms with van der Waals surface area (Å²) < 4.78 is 5.97. The molecule has 0 saturated heterocycles. The molecule has 0 radical (unpaired) electrons. The quantitative estimate of drug-likeness (QED) is 0.550. The standard InChI is InChI=1S/C27H37N3O3/c1-18(2)14-15-30-22-16-21(12-13-23(22)33-17-27(6,7)24(30)31)29-25(32)28-20-10-8-19(9-11-20)26(3,4)5/h8-13,16,18H,14-15,17H2,1-7H3,(H2,28,29,32). The Morgan fingerprint density at radius 3 is 2.27 bits per heavy atom. The molecule has 178 valence electrons. The van der Waals surface area contributed by atoms with Gasteiger partial charge in [0.1, 0.15) is 12.4 Å². The molecule has 0 saturated carbocycles. The molecule has 0 bridgehead atoms. The van der Waals surface area contributed by atoms with E-state index in [1.807, 2.05) is 50.2 Å². The molecule has 1 aliphatic rings. The molecule has 6 nitrogen and oxygen atoms in total. The molecule has 0 spiro atoms. The van der Waals surface area contributed by atoms with Gasteiger partial charge in [0, 0.05) is 17.9 Å². The monoisotopic (exact) mass is 451 g/mol. The van der Waals surface area contributed by atoms with Gasteiger partial charge >= 0.3 is 6.03 Å². The average molecular weight is 452 g/mol. The van der Waals surface area contributed by atoms with Gasteiger partial charge in [0.2, 0.25) is 5.91 Å². The number of nitrogens with zero attached hydrogens (tertiary/aromatic N) is 1. The summed E-state index contributed by atoms with van der Waals surface area (Å²) in [5.74, 6) is 1.15. The van der Waals surface area contributed by atoms with Gasteiger partial charge in [-0.2, -0.15) is 0 Å². The van der Waals surface area contributed by atoms with Crippen LogP contribution in [0.3, 0.4) is 0 Å². The summed E-state index contributed by atoms with van der Waals surface area (Å²) in [6.07, 6.45) is 0.879. The Morgan fingerprint density at radius 2 is 1.67 bits per heavy atom. The second-order valence-electron chi connectivity index (χ2n) is 10.9. The van der Waals surface area contributed by atoms with Crippen LogP contribution in [0.5, 0.6) is 5.75 Å². The van der Waals surface area contributed by atoms with Crippen LogP contribution in [0.2, 0.25) is 0 Å². The lowest BCUT2D eigenvalue weighted by Crippen LogP contribution is -2.42. The lowest BCUT2D eigenvalue weighted by Gasteiger charge is -2.28. The third kappa shape index (κ3) is 6.06. The molecular formula is C27H37N3O3. The first-order valence-corrected chi connectivity index (χ1v) is 11.6. The average Bonchev–Trinajstić information content (AvgIpc) is 2.81. The second-order valence-corrected chi connectivity index (χ2v) is 10.9. The predicted octanol–water partition coefficient (Wildman–Crippen LogP) is 6.43. The zero-order chi connectivity index (χ0) is 24.4. The molecule has 3 rings (SSSR count). The van der Waals surface area contributed by atoms with Gasteiger partial charge in [-0.3, -0.25) is 4.79 Å². The lowest BCUT2D eigenvalue weighted by atomic mass is 9.87. The fourth-order valence-electron chi connectivity index (χ4n) is 3.68. The number of fused-ring (bicyclic) bond motifs is 1. The summed E-state index contributed by atoms with van der Waals surface area (Å²) in [4.78, 5) is 27.7. The van der Waals surface area contributed by atoms with E-state index < -0.39 is 5.41 Å². The minimum Gasteiger partial charge on any atom is -0.490 e. The van der Waals surface area contributed by atoms with Crippen molar-refractivity contribution in [1.29, 1.82) is 0 Å². The topological polar surface area (TPSA) is 70.7 Å². The molecule has 1 heterocycles. The number of anilines is 3. The number of hydrogen-bond acceptors (Lipinski definition) is 3. The summed E-state index contributed by atoms with van der Waals surface area (Å²) in [6, 6.07) is 12.9. The van der Waals surface area contributed by atoms with Crippen molar-refractivity contribution >= 4 is 29.0 Å². The Kier molecular flexibility index (Phi) is 7.06. The van der Waals surface area contributed by atoms with Crippen molar-refractivity contribution in [3.8, 4) is 5.75 Å². The van der Waals surface area contributed by atoms with Crippen LogP contribution in [-0.4, -0.2) is 25.1 Å². The number of ether oxygens (including phenoxy) is 1. The van der Waals surface area contributed by atoms with Gasteiger partial charge in [-0.05, 0) is 67.5 Å². The highest BCUT2D eigenvalue weighted by atomic mass is 16.5. The maximum atomic E-state index is 13.3. The van der Waals surface area contributed by atoms with Crippen molar-refractivity contribution in [2.75, 3.05) is 28.7 Å². The van der Waals surface area contributed by atoms with Crippen LogP contribution in [0.1, 0.15) is 60.5 Å². The molecule has 6 heteroatoms. The molecule has 2 aromatic carbocycles. The summed E-state index contributed by atoms with van der Waals surface area (Å²) in [7, 11) is 0. The lowest BCUT2D eigenvalue weighted by molar-refractivity contribution is -0.127. The fraction of sp³-hybridized carbons (Fsp3) is 0.481. The van der Waals surface area contributed by atoms with Gasteiger partial charge in [0.15, 0.2) is 0 Å². The van der Waals surface area contributed by atoms with E-state index >= 15 is 0 Å². The Balaban J connectivity index is 1.78. The number of hydrogen-bond donors (Lipinski definition) is 2. The van der Waals surface area contributed by atoms with Crippen LogP contribution in [0, 0.1) is 11.3 Å².